The van der Waals surface area contributed by atoms with Crippen molar-refractivity contribution in [2.75, 3.05) is 0 Å². The Bertz CT molecular complexity index is 1910. The third kappa shape index (κ3) is 3.62. The van der Waals surface area contributed by atoms with E-state index in [-0.39, 0.29) is 0 Å². The predicted molar refractivity (Wildman–Crippen MR) is 170 cm³/mol. The first-order valence-electron chi connectivity index (χ1n) is 13.8. The standard InChI is InChI=1S/C40H27N/c1-3-28-17-22-32-23-24-33(31-20-18-30(19-21-31)29-15-13-27(26-41)14-16-29)25-39(32)40(36(28)4-2)37-11-7-5-9-34(37)35-10-6-8-12-38(35)40/h3-25H,1-2H2. The van der Waals surface area contributed by atoms with Gasteiger partial charge in [0.2, 0.25) is 0 Å². The van der Waals surface area contributed by atoms with E-state index in [9.17, 15) is 0 Å². The van der Waals surface area contributed by atoms with Crippen molar-refractivity contribution in [1.82, 2.24) is 0 Å². The number of nitrogens with zero attached hydrogens (tertiary/aromatic N) is 1. The van der Waals surface area contributed by atoms with Crippen LogP contribution in [0.15, 0.2) is 158 Å². The fourth-order valence-corrected chi connectivity index (χ4v) is 6.69. The summed E-state index contributed by atoms with van der Waals surface area (Å²) in [6, 6.07) is 43.0. The molecule has 0 unspecified atom stereocenters. The van der Waals surface area contributed by atoms with E-state index in [0.29, 0.717) is 5.56 Å². The maximum Gasteiger partial charge on any atom is 0.0991 e. The zero-order chi connectivity index (χ0) is 28.0. The molecule has 0 saturated heterocycles. The molecule has 5 aromatic rings. The number of rotatable bonds is 4. The van der Waals surface area contributed by atoms with Crippen LogP contribution in [0.2, 0.25) is 0 Å². The van der Waals surface area contributed by atoms with Crippen molar-refractivity contribution in [1.29, 1.82) is 5.26 Å². The molecule has 1 heteroatoms. The van der Waals surface area contributed by atoms with E-state index in [0.717, 1.165) is 33.4 Å². The van der Waals surface area contributed by atoms with Gasteiger partial charge < -0.3 is 0 Å². The van der Waals surface area contributed by atoms with Gasteiger partial charge >= 0.3 is 0 Å². The first-order chi connectivity index (χ1) is 20.2. The Hall–Kier alpha value is -5.45. The van der Waals surface area contributed by atoms with Gasteiger partial charge in [-0.25, -0.2) is 0 Å². The van der Waals surface area contributed by atoms with Crippen molar-refractivity contribution in [3.63, 3.8) is 0 Å². The summed E-state index contributed by atoms with van der Waals surface area (Å²) in [5.74, 6) is 0. The first kappa shape index (κ1) is 24.6. The average molecular weight is 522 g/mol. The molecule has 1 nitrogen and oxygen atoms in total. The molecule has 41 heavy (non-hydrogen) atoms. The number of fused-ring (bicyclic) bond motifs is 7. The summed E-state index contributed by atoms with van der Waals surface area (Å²) in [5.41, 5.74) is 14.4. The van der Waals surface area contributed by atoms with Crippen LogP contribution in [0, 0.1) is 11.3 Å². The largest absolute Gasteiger partial charge is 0.192 e. The van der Waals surface area contributed by atoms with Crippen LogP contribution in [0.25, 0.3) is 39.5 Å². The van der Waals surface area contributed by atoms with Gasteiger partial charge in [-0.3, -0.25) is 0 Å². The van der Waals surface area contributed by atoms with E-state index in [2.05, 4.69) is 122 Å². The molecule has 0 aliphatic heterocycles. The molecule has 5 aromatic carbocycles. The third-order valence-electron chi connectivity index (χ3n) is 8.56. The van der Waals surface area contributed by atoms with E-state index in [1.807, 2.05) is 36.4 Å². The number of nitriles is 1. The molecule has 0 radical (unpaired) electrons. The SMILES string of the molecule is C=CC1=C(C=C)C2(c3cc(-c4ccc(-c5ccc(C#N)cc5)cc4)ccc3C=C1)c1ccccc1-c1ccccc12. The Labute approximate surface area is 241 Å². The Morgan fingerprint density at radius 1 is 0.561 bits per heavy atom. The van der Waals surface area contributed by atoms with E-state index in [4.69, 9.17) is 5.26 Å². The number of hydrogen-bond acceptors (Lipinski definition) is 1. The highest BCUT2D eigenvalue weighted by Gasteiger charge is 2.48. The van der Waals surface area contributed by atoms with Crippen LogP contribution in [0.5, 0.6) is 0 Å². The molecular formula is C40H27N. The molecule has 2 aliphatic rings. The number of hydrogen-bond donors (Lipinski definition) is 0. The monoisotopic (exact) mass is 521 g/mol. The van der Waals surface area contributed by atoms with Crippen molar-refractivity contribution < 1.29 is 0 Å². The predicted octanol–water partition coefficient (Wildman–Crippen LogP) is 9.90. The van der Waals surface area contributed by atoms with E-state index >= 15 is 0 Å². The Morgan fingerprint density at radius 3 is 1.66 bits per heavy atom. The van der Waals surface area contributed by atoms with E-state index in [1.165, 1.54) is 33.4 Å². The highest BCUT2D eigenvalue weighted by atomic mass is 14.5. The highest BCUT2D eigenvalue weighted by Crippen LogP contribution is 2.59. The van der Waals surface area contributed by atoms with Crippen LogP contribution in [0.4, 0.5) is 0 Å². The van der Waals surface area contributed by atoms with E-state index in [1.54, 1.807) is 0 Å². The van der Waals surface area contributed by atoms with Crippen molar-refractivity contribution in [3.05, 3.63) is 186 Å². The van der Waals surface area contributed by atoms with Crippen LogP contribution in [0.1, 0.15) is 27.8 Å². The average Bonchev–Trinajstić information content (AvgIpc) is 3.25. The zero-order valence-corrected chi connectivity index (χ0v) is 22.6. The topological polar surface area (TPSA) is 23.8 Å². The first-order valence-corrected chi connectivity index (χ1v) is 13.8. The van der Waals surface area contributed by atoms with Gasteiger partial charge in [-0.2, -0.15) is 5.26 Å². The molecule has 0 N–H and O–H groups in total. The smallest absolute Gasteiger partial charge is 0.0991 e. The Morgan fingerprint density at radius 2 is 1.10 bits per heavy atom. The fourth-order valence-electron chi connectivity index (χ4n) is 6.69. The van der Waals surface area contributed by atoms with Crippen molar-refractivity contribution >= 4 is 6.08 Å². The number of benzene rings is 5. The van der Waals surface area contributed by atoms with Crippen molar-refractivity contribution in [2.45, 2.75) is 5.41 Å². The highest BCUT2D eigenvalue weighted by molar-refractivity contribution is 5.90. The van der Waals surface area contributed by atoms with Gasteiger partial charge in [-0.05, 0) is 85.0 Å². The van der Waals surface area contributed by atoms with Gasteiger partial charge in [-0.1, -0.05) is 135 Å². The van der Waals surface area contributed by atoms with Crippen molar-refractivity contribution in [3.8, 4) is 39.4 Å². The molecule has 0 atom stereocenters. The molecule has 7 rings (SSSR count). The minimum atomic E-state index is -0.518. The lowest BCUT2D eigenvalue weighted by Gasteiger charge is -2.36. The summed E-state index contributed by atoms with van der Waals surface area (Å²) < 4.78 is 0. The summed E-state index contributed by atoms with van der Waals surface area (Å²) in [7, 11) is 0. The van der Waals surface area contributed by atoms with E-state index < -0.39 is 5.41 Å². The van der Waals surface area contributed by atoms with Gasteiger partial charge in [0, 0.05) is 0 Å². The van der Waals surface area contributed by atoms with Gasteiger partial charge in [0.05, 0.1) is 17.0 Å². The summed E-state index contributed by atoms with van der Waals surface area (Å²) in [6.45, 7) is 8.52. The molecule has 0 heterocycles. The van der Waals surface area contributed by atoms with Crippen LogP contribution in [-0.4, -0.2) is 0 Å². The number of allylic oxidation sites excluding steroid dienone is 5. The maximum absolute atomic E-state index is 9.14. The Kier molecular flexibility index (Phi) is 5.77. The molecule has 0 fully saturated rings. The Balaban J connectivity index is 1.45. The normalized spacial score (nSPS) is 14.0. The van der Waals surface area contributed by atoms with Crippen LogP contribution in [0.3, 0.4) is 0 Å². The molecule has 1 spiro atoms. The van der Waals surface area contributed by atoms with Crippen LogP contribution < -0.4 is 0 Å². The quantitative estimate of drug-likeness (QED) is 0.231. The molecule has 0 saturated carbocycles. The summed E-state index contributed by atoms with van der Waals surface area (Å²) in [4.78, 5) is 0. The third-order valence-corrected chi connectivity index (χ3v) is 8.56. The second kappa shape index (κ2) is 9.63. The lowest BCUT2D eigenvalue weighted by Crippen LogP contribution is -2.30. The summed E-state index contributed by atoms with van der Waals surface area (Å²) in [6.07, 6.45) is 8.36. The minimum Gasteiger partial charge on any atom is -0.192 e. The lowest BCUT2D eigenvalue weighted by molar-refractivity contribution is 0.763. The maximum atomic E-state index is 9.14. The lowest BCUT2D eigenvalue weighted by atomic mass is 9.65. The fraction of sp³-hybridized carbons (Fsp3) is 0.0250. The second-order valence-electron chi connectivity index (χ2n) is 10.5. The van der Waals surface area contributed by atoms with Gasteiger partial charge in [0.25, 0.3) is 0 Å². The molecule has 0 amide bonds. The van der Waals surface area contributed by atoms with Crippen molar-refractivity contribution in [2.24, 2.45) is 0 Å². The van der Waals surface area contributed by atoms with Crippen LogP contribution >= 0.6 is 0 Å². The molecule has 0 aromatic heterocycles. The molecular weight excluding hydrogens is 494 g/mol. The molecule has 2 aliphatic carbocycles. The van der Waals surface area contributed by atoms with Gasteiger partial charge in [0.15, 0.2) is 0 Å². The second-order valence-corrected chi connectivity index (χ2v) is 10.5. The van der Waals surface area contributed by atoms with Gasteiger partial charge in [0.1, 0.15) is 0 Å². The minimum absolute atomic E-state index is 0.518. The molecule has 0 bridgehead atoms. The van der Waals surface area contributed by atoms with Crippen LogP contribution in [-0.2, 0) is 5.41 Å². The van der Waals surface area contributed by atoms with Gasteiger partial charge in [-0.15, -0.1) is 0 Å². The summed E-state index contributed by atoms with van der Waals surface area (Å²) >= 11 is 0. The molecule has 192 valence electrons. The zero-order valence-electron chi connectivity index (χ0n) is 22.6. The summed E-state index contributed by atoms with van der Waals surface area (Å²) in [5, 5.41) is 9.14.